The van der Waals surface area contributed by atoms with Crippen LogP contribution in [0.2, 0.25) is 5.02 Å². The van der Waals surface area contributed by atoms with Crippen molar-refractivity contribution in [1.29, 1.82) is 0 Å². The van der Waals surface area contributed by atoms with Crippen molar-refractivity contribution in [3.8, 4) is 5.75 Å². The Morgan fingerprint density at radius 2 is 2.11 bits per heavy atom. The van der Waals surface area contributed by atoms with E-state index in [1.54, 1.807) is 31.5 Å². The van der Waals surface area contributed by atoms with Crippen molar-refractivity contribution < 1.29 is 9.53 Å². The molecule has 0 amide bonds. The molecule has 0 unspecified atom stereocenters. The van der Waals surface area contributed by atoms with Crippen LogP contribution in [0.25, 0.3) is 0 Å². The molecule has 0 atom stereocenters. The van der Waals surface area contributed by atoms with Crippen LogP contribution in [-0.2, 0) is 4.79 Å². The molecule has 0 radical (unpaired) electrons. The molecule has 4 heteroatoms. The van der Waals surface area contributed by atoms with Crippen LogP contribution in [0.1, 0.15) is 25.7 Å². The van der Waals surface area contributed by atoms with Crippen molar-refractivity contribution in [3.05, 3.63) is 35.0 Å². The number of benzene rings is 1. The zero-order valence-electron chi connectivity index (χ0n) is 10.3. The van der Waals surface area contributed by atoms with Crippen LogP contribution in [0.15, 0.2) is 30.0 Å². The van der Waals surface area contributed by atoms with Gasteiger partial charge in [-0.3, -0.25) is 4.79 Å². The Hall–Kier alpha value is -1.48. The molecule has 0 heterocycles. The number of hydrogen-bond donors (Lipinski definition) is 1. The number of Topliss-reactive ketones (excluding diaryl/α,β-unsaturated/α-hetero) is 1. The van der Waals surface area contributed by atoms with Gasteiger partial charge in [0.05, 0.1) is 12.8 Å². The zero-order valence-corrected chi connectivity index (χ0v) is 11.1. The third-order valence-electron chi connectivity index (χ3n) is 3.02. The second-order valence-corrected chi connectivity index (χ2v) is 4.73. The monoisotopic (exact) mass is 265 g/mol. The predicted octanol–water partition coefficient (Wildman–Crippen LogP) is 3.79. The fraction of sp³-hybridized carbons (Fsp3) is 0.357. The van der Waals surface area contributed by atoms with Crippen molar-refractivity contribution in [2.75, 3.05) is 12.4 Å². The molecular weight excluding hydrogens is 250 g/mol. The van der Waals surface area contributed by atoms with Crippen molar-refractivity contribution in [2.24, 2.45) is 0 Å². The summed E-state index contributed by atoms with van der Waals surface area (Å²) in [4.78, 5) is 11.7. The molecule has 2 rings (SSSR count). The van der Waals surface area contributed by atoms with Gasteiger partial charge < -0.3 is 10.1 Å². The SMILES string of the molecule is COc1ccc(Cl)cc1N/C=C1/CCCCC1=O. The molecular formula is C14H16ClNO2. The summed E-state index contributed by atoms with van der Waals surface area (Å²) in [5.74, 6) is 0.939. The average molecular weight is 266 g/mol. The van der Waals surface area contributed by atoms with Gasteiger partial charge in [-0.1, -0.05) is 11.6 Å². The molecule has 3 nitrogen and oxygen atoms in total. The van der Waals surface area contributed by atoms with Crippen LogP contribution in [-0.4, -0.2) is 12.9 Å². The Labute approximate surface area is 112 Å². The van der Waals surface area contributed by atoms with Gasteiger partial charge in [-0.25, -0.2) is 0 Å². The topological polar surface area (TPSA) is 38.3 Å². The summed E-state index contributed by atoms with van der Waals surface area (Å²) < 4.78 is 5.23. The van der Waals surface area contributed by atoms with E-state index in [4.69, 9.17) is 16.3 Å². The molecule has 1 N–H and O–H groups in total. The number of nitrogens with one attached hydrogen (secondary N) is 1. The zero-order chi connectivity index (χ0) is 13.0. The van der Waals surface area contributed by atoms with E-state index in [2.05, 4.69) is 5.32 Å². The van der Waals surface area contributed by atoms with Crippen LogP contribution >= 0.6 is 11.6 Å². The van der Waals surface area contributed by atoms with Crippen LogP contribution in [0.5, 0.6) is 5.75 Å². The van der Waals surface area contributed by atoms with Crippen LogP contribution in [0.3, 0.4) is 0 Å². The van der Waals surface area contributed by atoms with Crippen molar-refractivity contribution in [2.45, 2.75) is 25.7 Å². The van der Waals surface area contributed by atoms with Gasteiger partial charge in [-0.15, -0.1) is 0 Å². The molecule has 0 bridgehead atoms. The van der Waals surface area contributed by atoms with Gasteiger partial charge in [0.15, 0.2) is 5.78 Å². The largest absolute Gasteiger partial charge is 0.495 e. The molecule has 96 valence electrons. The minimum absolute atomic E-state index is 0.231. The lowest BCUT2D eigenvalue weighted by Crippen LogP contribution is -2.10. The van der Waals surface area contributed by atoms with E-state index < -0.39 is 0 Å². The first-order chi connectivity index (χ1) is 8.70. The summed E-state index contributed by atoms with van der Waals surface area (Å²) in [5, 5.41) is 3.74. The van der Waals surface area contributed by atoms with E-state index in [9.17, 15) is 4.79 Å². The molecule has 1 aliphatic rings. The third kappa shape index (κ3) is 3.05. The Balaban J connectivity index is 2.16. The number of halogens is 1. The molecule has 1 aliphatic carbocycles. The first-order valence-electron chi connectivity index (χ1n) is 6.03. The lowest BCUT2D eigenvalue weighted by atomic mass is 9.94. The highest BCUT2D eigenvalue weighted by Gasteiger charge is 2.14. The van der Waals surface area contributed by atoms with Crippen LogP contribution in [0.4, 0.5) is 5.69 Å². The minimum Gasteiger partial charge on any atom is -0.495 e. The molecule has 0 spiro atoms. The van der Waals surface area contributed by atoms with Gasteiger partial charge >= 0.3 is 0 Å². The van der Waals surface area contributed by atoms with E-state index in [1.165, 1.54) is 0 Å². The first-order valence-corrected chi connectivity index (χ1v) is 6.41. The average Bonchev–Trinajstić information content (AvgIpc) is 2.38. The summed E-state index contributed by atoms with van der Waals surface area (Å²) in [6.07, 6.45) is 5.34. The molecule has 1 fully saturated rings. The highest BCUT2D eigenvalue weighted by Crippen LogP contribution is 2.28. The van der Waals surface area contributed by atoms with E-state index in [-0.39, 0.29) is 5.78 Å². The number of anilines is 1. The number of ketones is 1. The first kappa shape index (κ1) is 13.0. The number of methoxy groups -OCH3 is 1. The summed E-state index contributed by atoms with van der Waals surface area (Å²) in [6.45, 7) is 0. The van der Waals surface area contributed by atoms with Gasteiger partial charge in [-0.2, -0.15) is 0 Å². The maximum absolute atomic E-state index is 11.7. The molecule has 18 heavy (non-hydrogen) atoms. The third-order valence-corrected chi connectivity index (χ3v) is 3.26. The summed E-state index contributed by atoms with van der Waals surface area (Å²) in [5.41, 5.74) is 1.62. The van der Waals surface area contributed by atoms with Gasteiger partial charge in [-0.05, 0) is 37.5 Å². The second-order valence-electron chi connectivity index (χ2n) is 4.29. The highest BCUT2D eigenvalue weighted by molar-refractivity contribution is 6.30. The molecule has 0 aromatic heterocycles. The number of rotatable bonds is 3. The maximum Gasteiger partial charge on any atom is 0.160 e. The Bertz CT molecular complexity index is 483. The molecule has 0 aliphatic heterocycles. The van der Waals surface area contributed by atoms with Crippen LogP contribution in [0, 0.1) is 0 Å². The summed E-state index contributed by atoms with van der Waals surface area (Å²) >= 11 is 5.94. The van der Waals surface area contributed by atoms with Crippen LogP contribution < -0.4 is 10.1 Å². The fourth-order valence-electron chi connectivity index (χ4n) is 2.01. The minimum atomic E-state index is 0.231. The van der Waals surface area contributed by atoms with Gasteiger partial charge in [0.2, 0.25) is 0 Å². The Morgan fingerprint density at radius 3 is 2.83 bits per heavy atom. The summed E-state index contributed by atoms with van der Waals surface area (Å²) in [7, 11) is 1.60. The normalized spacial score (nSPS) is 17.9. The van der Waals surface area contributed by atoms with E-state index in [0.29, 0.717) is 17.2 Å². The number of hydrogen-bond acceptors (Lipinski definition) is 3. The Kier molecular flexibility index (Phi) is 4.26. The second kappa shape index (κ2) is 5.91. The molecule has 1 aromatic carbocycles. The van der Waals surface area contributed by atoms with Crippen molar-refractivity contribution in [3.63, 3.8) is 0 Å². The Morgan fingerprint density at radius 1 is 1.33 bits per heavy atom. The van der Waals surface area contributed by atoms with E-state index in [1.807, 2.05) is 0 Å². The molecule has 1 saturated carbocycles. The predicted molar refractivity (Wildman–Crippen MR) is 73.2 cm³/mol. The van der Waals surface area contributed by atoms with Gasteiger partial charge in [0.1, 0.15) is 5.75 Å². The highest BCUT2D eigenvalue weighted by atomic mass is 35.5. The quantitative estimate of drug-likeness (QED) is 0.845. The number of allylic oxidation sites excluding steroid dienone is 1. The maximum atomic E-state index is 11.7. The standard InChI is InChI=1S/C14H16ClNO2/c1-18-14-7-6-11(15)8-12(14)16-9-10-4-2-3-5-13(10)17/h6-9,16H,2-5H2,1H3/b10-9-. The number of carbonyl (C=O) groups is 1. The number of carbonyl (C=O) groups excluding carboxylic acids is 1. The lowest BCUT2D eigenvalue weighted by molar-refractivity contribution is -0.116. The summed E-state index contributed by atoms with van der Waals surface area (Å²) in [6, 6.07) is 5.35. The smallest absolute Gasteiger partial charge is 0.160 e. The van der Waals surface area contributed by atoms with E-state index >= 15 is 0 Å². The van der Waals surface area contributed by atoms with Gasteiger partial charge in [0, 0.05) is 23.2 Å². The molecule has 0 saturated heterocycles. The number of ether oxygens (including phenoxy) is 1. The van der Waals surface area contributed by atoms with Gasteiger partial charge in [0.25, 0.3) is 0 Å². The molecule has 1 aromatic rings. The van der Waals surface area contributed by atoms with E-state index in [0.717, 1.165) is 30.5 Å². The lowest BCUT2D eigenvalue weighted by Gasteiger charge is -2.14. The van der Waals surface area contributed by atoms with Crippen molar-refractivity contribution in [1.82, 2.24) is 0 Å². The fourth-order valence-corrected chi connectivity index (χ4v) is 2.18. The van der Waals surface area contributed by atoms with Crippen molar-refractivity contribution >= 4 is 23.1 Å².